The van der Waals surface area contributed by atoms with Gasteiger partial charge < -0.3 is 10.1 Å². The molecule has 0 aromatic heterocycles. The van der Waals surface area contributed by atoms with Gasteiger partial charge in [0.15, 0.2) is 9.84 Å². The lowest BCUT2D eigenvalue weighted by molar-refractivity contribution is -0.115. The maximum atomic E-state index is 13.0. The highest BCUT2D eigenvalue weighted by atomic mass is 32.2. The van der Waals surface area contributed by atoms with E-state index in [-0.39, 0.29) is 35.4 Å². The summed E-state index contributed by atoms with van der Waals surface area (Å²) >= 11 is 0. The predicted octanol–water partition coefficient (Wildman–Crippen LogP) is 4.70. The smallest absolute Gasteiger partial charge is 0.225 e. The molecule has 0 bridgehead atoms. The van der Waals surface area contributed by atoms with Crippen molar-refractivity contribution in [2.45, 2.75) is 37.2 Å². The van der Waals surface area contributed by atoms with Gasteiger partial charge in [-0.25, -0.2) is 12.8 Å². The number of fused-ring (bicyclic) bond motifs is 1. The molecule has 0 heterocycles. The number of halogens is 1. The SMILES string of the molecule is O=C(CCS(=O)(=O)c1ccc2c(c1)CCC2)Nc1cccc(OCc2ccc(F)cc2)c1. The van der Waals surface area contributed by atoms with Gasteiger partial charge >= 0.3 is 0 Å². The fourth-order valence-electron chi connectivity index (χ4n) is 3.72. The highest BCUT2D eigenvalue weighted by molar-refractivity contribution is 7.91. The highest BCUT2D eigenvalue weighted by Gasteiger charge is 2.20. The topological polar surface area (TPSA) is 72.5 Å². The Labute approximate surface area is 187 Å². The quantitative estimate of drug-likeness (QED) is 0.537. The number of benzene rings is 3. The van der Waals surface area contributed by atoms with E-state index >= 15 is 0 Å². The van der Waals surface area contributed by atoms with Crippen LogP contribution in [0.4, 0.5) is 10.1 Å². The molecule has 0 radical (unpaired) electrons. The number of aryl methyl sites for hydroxylation is 2. The molecule has 1 aliphatic rings. The second-order valence-corrected chi connectivity index (χ2v) is 9.95. The van der Waals surface area contributed by atoms with E-state index in [0.717, 1.165) is 30.4 Å². The van der Waals surface area contributed by atoms with Gasteiger partial charge in [-0.1, -0.05) is 24.3 Å². The zero-order valence-corrected chi connectivity index (χ0v) is 18.3. The Morgan fingerprint density at radius 3 is 2.56 bits per heavy atom. The molecule has 32 heavy (non-hydrogen) atoms. The highest BCUT2D eigenvalue weighted by Crippen LogP contribution is 2.25. The molecule has 5 nitrogen and oxygen atoms in total. The first kappa shape index (κ1) is 22.0. The Morgan fingerprint density at radius 1 is 0.969 bits per heavy atom. The average molecular weight is 454 g/mol. The number of sulfone groups is 1. The second kappa shape index (κ2) is 9.53. The number of carbonyl (C=O) groups is 1. The van der Waals surface area contributed by atoms with Crippen molar-refractivity contribution in [1.82, 2.24) is 0 Å². The molecule has 1 aliphatic carbocycles. The molecule has 0 saturated heterocycles. The largest absolute Gasteiger partial charge is 0.489 e. The Hall–Kier alpha value is -3.19. The van der Waals surface area contributed by atoms with Gasteiger partial charge in [0, 0.05) is 18.2 Å². The molecule has 3 aromatic carbocycles. The minimum Gasteiger partial charge on any atom is -0.489 e. The molecule has 0 unspecified atom stereocenters. The summed E-state index contributed by atoms with van der Waals surface area (Å²) in [6.45, 7) is 0.261. The third-order valence-corrected chi connectivity index (χ3v) is 7.18. The van der Waals surface area contributed by atoms with Crippen molar-refractivity contribution in [3.63, 3.8) is 0 Å². The molecule has 1 amide bonds. The predicted molar refractivity (Wildman–Crippen MR) is 121 cm³/mol. The summed E-state index contributed by atoms with van der Waals surface area (Å²) in [6.07, 6.45) is 2.80. The maximum Gasteiger partial charge on any atom is 0.225 e. The van der Waals surface area contributed by atoms with E-state index in [0.29, 0.717) is 11.4 Å². The van der Waals surface area contributed by atoms with Crippen molar-refractivity contribution in [3.05, 3.63) is 89.2 Å². The minimum atomic E-state index is -3.53. The molecular formula is C25H24FNO4S. The average Bonchev–Trinajstić information content (AvgIpc) is 3.26. The lowest BCUT2D eigenvalue weighted by atomic mass is 10.1. The van der Waals surface area contributed by atoms with E-state index in [4.69, 9.17) is 4.74 Å². The van der Waals surface area contributed by atoms with Crippen LogP contribution in [0.3, 0.4) is 0 Å². The summed E-state index contributed by atoms with van der Waals surface area (Å²) in [4.78, 5) is 12.6. The molecular weight excluding hydrogens is 429 g/mol. The molecule has 0 saturated carbocycles. The number of nitrogens with one attached hydrogen (secondary N) is 1. The summed E-state index contributed by atoms with van der Waals surface area (Å²) < 4.78 is 44.0. The third kappa shape index (κ3) is 5.53. The van der Waals surface area contributed by atoms with Gasteiger partial charge in [0.05, 0.1) is 10.6 Å². The van der Waals surface area contributed by atoms with Gasteiger partial charge in [-0.15, -0.1) is 0 Å². The minimum absolute atomic E-state index is 0.139. The molecule has 4 rings (SSSR count). The van der Waals surface area contributed by atoms with Crippen LogP contribution in [0.25, 0.3) is 0 Å². The summed E-state index contributed by atoms with van der Waals surface area (Å²) in [5, 5.41) is 2.72. The van der Waals surface area contributed by atoms with Crippen molar-refractivity contribution in [1.29, 1.82) is 0 Å². The van der Waals surface area contributed by atoms with E-state index < -0.39 is 9.84 Å². The lowest BCUT2D eigenvalue weighted by Gasteiger charge is -2.10. The van der Waals surface area contributed by atoms with Gasteiger partial charge in [-0.05, 0) is 72.4 Å². The zero-order valence-electron chi connectivity index (χ0n) is 17.5. The first-order valence-corrected chi connectivity index (χ1v) is 12.2. The number of ether oxygens (including phenoxy) is 1. The van der Waals surface area contributed by atoms with Crippen LogP contribution >= 0.6 is 0 Å². The first-order valence-electron chi connectivity index (χ1n) is 10.5. The Balaban J connectivity index is 1.32. The zero-order chi connectivity index (χ0) is 22.6. The molecule has 7 heteroatoms. The number of hydrogen-bond acceptors (Lipinski definition) is 4. The summed E-state index contributed by atoms with van der Waals surface area (Å²) in [6, 6.07) is 18.1. The van der Waals surface area contributed by atoms with Crippen LogP contribution in [0, 0.1) is 5.82 Å². The van der Waals surface area contributed by atoms with Crippen LogP contribution in [0.5, 0.6) is 5.75 Å². The molecule has 0 aliphatic heterocycles. The normalized spacial score (nSPS) is 12.9. The monoisotopic (exact) mass is 453 g/mol. The van der Waals surface area contributed by atoms with E-state index in [1.165, 1.54) is 17.7 Å². The van der Waals surface area contributed by atoms with Crippen LogP contribution < -0.4 is 10.1 Å². The van der Waals surface area contributed by atoms with Crippen molar-refractivity contribution >= 4 is 21.4 Å². The fourth-order valence-corrected chi connectivity index (χ4v) is 5.01. The Morgan fingerprint density at radius 2 is 1.75 bits per heavy atom. The number of rotatable bonds is 8. The van der Waals surface area contributed by atoms with E-state index in [1.54, 1.807) is 48.5 Å². The van der Waals surface area contributed by atoms with Gasteiger partial charge in [-0.2, -0.15) is 0 Å². The summed E-state index contributed by atoms with van der Waals surface area (Å²) in [7, 11) is -3.53. The van der Waals surface area contributed by atoms with Crippen molar-refractivity contribution in [2.24, 2.45) is 0 Å². The second-order valence-electron chi connectivity index (χ2n) is 7.84. The van der Waals surface area contributed by atoms with E-state index in [1.807, 2.05) is 6.07 Å². The Bertz CT molecular complexity index is 1220. The van der Waals surface area contributed by atoms with Crippen LogP contribution in [-0.4, -0.2) is 20.1 Å². The van der Waals surface area contributed by atoms with Crippen molar-refractivity contribution in [2.75, 3.05) is 11.1 Å². The number of amides is 1. The summed E-state index contributed by atoms with van der Waals surface area (Å²) in [5.74, 6) is -0.404. The number of anilines is 1. The molecule has 3 aromatic rings. The van der Waals surface area contributed by atoms with Gasteiger partial charge in [0.25, 0.3) is 0 Å². The van der Waals surface area contributed by atoms with Gasteiger partial charge in [0.1, 0.15) is 18.2 Å². The Kier molecular flexibility index (Phi) is 6.55. The van der Waals surface area contributed by atoms with Crippen LogP contribution in [0.2, 0.25) is 0 Å². The first-order chi connectivity index (χ1) is 15.4. The fraction of sp³-hybridized carbons (Fsp3) is 0.240. The summed E-state index contributed by atoms with van der Waals surface area (Å²) in [5.41, 5.74) is 3.63. The van der Waals surface area contributed by atoms with Crippen LogP contribution in [0.15, 0.2) is 71.6 Å². The van der Waals surface area contributed by atoms with E-state index in [2.05, 4.69) is 5.32 Å². The van der Waals surface area contributed by atoms with Gasteiger partial charge in [-0.3, -0.25) is 4.79 Å². The third-order valence-electron chi connectivity index (χ3n) is 5.46. The molecule has 166 valence electrons. The maximum absolute atomic E-state index is 13.0. The molecule has 0 spiro atoms. The van der Waals surface area contributed by atoms with Gasteiger partial charge in [0.2, 0.25) is 5.91 Å². The van der Waals surface area contributed by atoms with Crippen molar-refractivity contribution < 1.29 is 22.3 Å². The molecule has 0 fully saturated rings. The molecule has 1 N–H and O–H groups in total. The lowest BCUT2D eigenvalue weighted by Crippen LogP contribution is -2.17. The standard InChI is InChI=1S/C25H24FNO4S/c26-21-10-7-18(8-11-21)17-31-23-6-2-5-22(16-23)27-25(28)13-14-32(29,30)24-12-9-19-3-1-4-20(19)15-24/h2,5-12,15-16H,1,3-4,13-14,17H2,(H,27,28). The molecule has 0 atom stereocenters. The number of hydrogen-bond donors (Lipinski definition) is 1. The van der Waals surface area contributed by atoms with E-state index in [9.17, 15) is 17.6 Å². The van der Waals surface area contributed by atoms with Crippen LogP contribution in [-0.2, 0) is 34.1 Å². The van der Waals surface area contributed by atoms with Crippen LogP contribution in [0.1, 0.15) is 29.5 Å². The van der Waals surface area contributed by atoms with Crippen molar-refractivity contribution in [3.8, 4) is 5.75 Å². The number of carbonyl (C=O) groups excluding carboxylic acids is 1.